The van der Waals surface area contributed by atoms with E-state index in [1.54, 1.807) is 23.5 Å². The molecule has 2 heterocycles. The lowest BCUT2D eigenvalue weighted by molar-refractivity contribution is 0.0462. The molecule has 1 aliphatic carbocycles. The van der Waals surface area contributed by atoms with E-state index in [-0.39, 0.29) is 17.6 Å². The maximum atomic E-state index is 12.4. The fourth-order valence-corrected chi connectivity index (χ4v) is 4.72. The molecule has 27 heavy (non-hydrogen) atoms. The number of aryl methyl sites for hydroxylation is 2. The normalized spacial score (nSPS) is 13.7. The average molecular weight is 382 g/mol. The zero-order valence-electron chi connectivity index (χ0n) is 15.7. The third-order valence-corrected chi connectivity index (χ3v) is 6.14. The molecule has 1 N–H and O–H groups in total. The molecule has 6 heteroatoms. The minimum Gasteiger partial charge on any atom is -0.454 e. The number of esters is 1. The van der Waals surface area contributed by atoms with Gasteiger partial charge < -0.3 is 9.72 Å². The topological polar surface area (TPSA) is 72.0 Å². The van der Waals surface area contributed by atoms with Crippen LogP contribution in [0.1, 0.15) is 59.4 Å². The van der Waals surface area contributed by atoms with Crippen molar-refractivity contribution >= 4 is 27.5 Å². The van der Waals surface area contributed by atoms with Gasteiger partial charge in [0.2, 0.25) is 0 Å². The molecule has 3 aromatic rings. The van der Waals surface area contributed by atoms with Crippen LogP contribution in [-0.4, -0.2) is 15.9 Å². The number of ether oxygens (including phenoxy) is 1. The number of rotatable bonds is 3. The highest BCUT2D eigenvalue weighted by Gasteiger charge is 2.21. The summed E-state index contributed by atoms with van der Waals surface area (Å²) in [6.45, 7) is 6.32. The first kappa shape index (κ1) is 17.9. The number of aromatic amines is 1. The minimum absolute atomic E-state index is 0.0300. The summed E-state index contributed by atoms with van der Waals surface area (Å²) in [5.41, 5.74) is 2.68. The van der Waals surface area contributed by atoms with Crippen LogP contribution in [0.2, 0.25) is 0 Å². The number of H-pyrrole nitrogens is 1. The number of nitrogens with one attached hydrogen (secondary N) is 1. The van der Waals surface area contributed by atoms with Gasteiger partial charge in [-0.1, -0.05) is 32.9 Å². The molecule has 0 spiro atoms. The number of hydrogen-bond donors (Lipinski definition) is 1. The third-order valence-electron chi connectivity index (χ3n) is 4.95. The van der Waals surface area contributed by atoms with E-state index in [4.69, 9.17) is 4.74 Å². The highest BCUT2D eigenvalue weighted by Crippen LogP contribution is 2.34. The zero-order valence-corrected chi connectivity index (χ0v) is 16.5. The zero-order chi connectivity index (χ0) is 19.2. The maximum Gasteiger partial charge on any atom is 0.338 e. The Morgan fingerprint density at radius 2 is 1.96 bits per heavy atom. The summed E-state index contributed by atoms with van der Waals surface area (Å²) in [6.07, 6.45) is 3.06. The number of fused-ring (bicyclic) bond motifs is 3. The van der Waals surface area contributed by atoms with Crippen LogP contribution in [0.5, 0.6) is 0 Å². The summed E-state index contributed by atoms with van der Waals surface area (Å²) in [5.74, 6) is -0.0426. The molecule has 0 saturated carbocycles. The van der Waals surface area contributed by atoms with Crippen molar-refractivity contribution in [2.24, 2.45) is 0 Å². The lowest BCUT2D eigenvalue weighted by atomic mass is 9.87. The van der Waals surface area contributed by atoms with Gasteiger partial charge in [-0.15, -0.1) is 11.3 Å². The second kappa shape index (κ2) is 6.60. The molecule has 1 aromatic carbocycles. The van der Waals surface area contributed by atoms with Crippen molar-refractivity contribution in [2.45, 2.75) is 52.1 Å². The Morgan fingerprint density at radius 1 is 1.22 bits per heavy atom. The number of thiophene rings is 1. The number of carbonyl (C=O) groups is 1. The lowest BCUT2D eigenvalue weighted by Gasteiger charge is -2.18. The van der Waals surface area contributed by atoms with E-state index in [1.165, 1.54) is 4.88 Å². The van der Waals surface area contributed by atoms with Crippen molar-refractivity contribution in [2.75, 3.05) is 0 Å². The van der Waals surface area contributed by atoms with Gasteiger partial charge in [-0.05, 0) is 47.9 Å². The van der Waals surface area contributed by atoms with Crippen LogP contribution in [-0.2, 0) is 29.6 Å². The largest absolute Gasteiger partial charge is 0.454 e. The number of carbonyl (C=O) groups excluding carboxylic acids is 1. The third kappa shape index (κ3) is 3.41. The quantitative estimate of drug-likeness (QED) is 0.692. The molecule has 0 saturated heterocycles. The molecule has 2 aromatic heterocycles. The Balaban J connectivity index is 1.50. The summed E-state index contributed by atoms with van der Waals surface area (Å²) in [4.78, 5) is 34.0. The van der Waals surface area contributed by atoms with Gasteiger partial charge in [0.15, 0.2) is 0 Å². The van der Waals surface area contributed by atoms with Gasteiger partial charge in [0.1, 0.15) is 17.3 Å². The van der Waals surface area contributed by atoms with Gasteiger partial charge in [-0.2, -0.15) is 0 Å². The van der Waals surface area contributed by atoms with Crippen LogP contribution in [0.3, 0.4) is 0 Å². The Bertz CT molecular complexity index is 1070. The molecule has 0 fully saturated rings. The molecule has 4 rings (SSSR count). The van der Waals surface area contributed by atoms with Gasteiger partial charge in [0.25, 0.3) is 5.56 Å². The van der Waals surface area contributed by atoms with Crippen LogP contribution in [0.25, 0.3) is 10.2 Å². The van der Waals surface area contributed by atoms with Gasteiger partial charge in [0.05, 0.1) is 10.9 Å². The smallest absolute Gasteiger partial charge is 0.338 e. The number of aromatic nitrogens is 2. The van der Waals surface area contributed by atoms with E-state index in [1.807, 2.05) is 12.1 Å². The summed E-state index contributed by atoms with van der Waals surface area (Å²) in [7, 11) is 0. The van der Waals surface area contributed by atoms with E-state index in [0.29, 0.717) is 16.8 Å². The van der Waals surface area contributed by atoms with Gasteiger partial charge in [-0.25, -0.2) is 9.78 Å². The van der Waals surface area contributed by atoms with Crippen LogP contribution in [0.4, 0.5) is 0 Å². The molecule has 0 unspecified atom stereocenters. The number of nitrogens with zero attached hydrogens (tertiary/aromatic N) is 1. The molecule has 0 atom stereocenters. The van der Waals surface area contributed by atoms with E-state index >= 15 is 0 Å². The second-order valence-corrected chi connectivity index (χ2v) is 9.04. The SMILES string of the molecule is CC(C)(C)c1ccc(C(=O)OCc2nc3sc4c(c3c(=O)[nH]2)CCC4)cc1. The molecule has 0 radical (unpaired) electrons. The van der Waals surface area contributed by atoms with Crippen LogP contribution < -0.4 is 5.56 Å². The lowest BCUT2D eigenvalue weighted by Crippen LogP contribution is -2.15. The van der Waals surface area contributed by atoms with Crippen molar-refractivity contribution in [3.63, 3.8) is 0 Å². The Labute approximate surface area is 161 Å². The van der Waals surface area contributed by atoms with Crippen molar-refractivity contribution in [3.05, 3.63) is 62.0 Å². The summed E-state index contributed by atoms with van der Waals surface area (Å²) < 4.78 is 5.35. The molecular formula is C21H22N2O3S. The van der Waals surface area contributed by atoms with Gasteiger partial charge in [0, 0.05) is 4.88 Å². The van der Waals surface area contributed by atoms with E-state index in [9.17, 15) is 9.59 Å². The highest BCUT2D eigenvalue weighted by atomic mass is 32.1. The van der Waals surface area contributed by atoms with E-state index in [0.717, 1.165) is 35.2 Å². The highest BCUT2D eigenvalue weighted by molar-refractivity contribution is 7.18. The van der Waals surface area contributed by atoms with E-state index < -0.39 is 5.97 Å². The first-order valence-corrected chi connectivity index (χ1v) is 9.96. The Morgan fingerprint density at radius 3 is 2.67 bits per heavy atom. The van der Waals surface area contributed by atoms with Crippen LogP contribution in [0, 0.1) is 0 Å². The van der Waals surface area contributed by atoms with Gasteiger partial charge in [-0.3, -0.25) is 4.79 Å². The Kier molecular flexibility index (Phi) is 4.38. The van der Waals surface area contributed by atoms with Crippen molar-refractivity contribution in [1.82, 2.24) is 9.97 Å². The predicted octanol–water partition coefficient (Wildman–Crippen LogP) is 4.13. The van der Waals surface area contributed by atoms with Crippen molar-refractivity contribution in [1.29, 1.82) is 0 Å². The Hall–Kier alpha value is -2.47. The fraction of sp³-hybridized carbons (Fsp3) is 0.381. The van der Waals surface area contributed by atoms with Crippen molar-refractivity contribution in [3.8, 4) is 0 Å². The molecule has 5 nitrogen and oxygen atoms in total. The first-order valence-electron chi connectivity index (χ1n) is 9.14. The molecular weight excluding hydrogens is 360 g/mol. The summed E-state index contributed by atoms with van der Waals surface area (Å²) in [5, 5.41) is 0.709. The number of hydrogen-bond acceptors (Lipinski definition) is 5. The molecule has 1 aliphatic rings. The van der Waals surface area contributed by atoms with Gasteiger partial charge >= 0.3 is 5.97 Å². The molecule has 0 bridgehead atoms. The average Bonchev–Trinajstić information content (AvgIpc) is 3.19. The minimum atomic E-state index is -0.424. The fourth-order valence-electron chi connectivity index (χ4n) is 3.44. The molecule has 140 valence electrons. The number of benzene rings is 1. The first-order chi connectivity index (χ1) is 12.8. The van der Waals surface area contributed by atoms with Crippen molar-refractivity contribution < 1.29 is 9.53 Å². The van der Waals surface area contributed by atoms with Crippen LogP contribution >= 0.6 is 11.3 Å². The maximum absolute atomic E-state index is 12.4. The molecule has 0 amide bonds. The second-order valence-electron chi connectivity index (χ2n) is 7.95. The standard InChI is InChI=1S/C21H22N2O3S/c1-21(2,3)13-9-7-12(8-10-13)20(25)26-11-16-22-18(24)17-14-5-4-6-15(14)27-19(17)23-16/h7-10H,4-6,11H2,1-3H3,(H,22,23,24). The summed E-state index contributed by atoms with van der Waals surface area (Å²) >= 11 is 1.58. The molecule has 0 aliphatic heterocycles. The van der Waals surface area contributed by atoms with Crippen LogP contribution in [0.15, 0.2) is 29.1 Å². The summed E-state index contributed by atoms with van der Waals surface area (Å²) in [6, 6.07) is 7.42. The monoisotopic (exact) mass is 382 g/mol. The predicted molar refractivity (Wildman–Crippen MR) is 107 cm³/mol. The van der Waals surface area contributed by atoms with E-state index in [2.05, 4.69) is 30.7 Å².